The molecule has 1 N–H and O–H groups in total. The molecule has 0 radical (unpaired) electrons. The number of rotatable bonds is 5. The van der Waals surface area contributed by atoms with Gasteiger partial charge in [0.25, 0.3) is 0 Å². The van der Waals surface area contributed by atoms with Crippen LogP contribution in [0.5, 0.6) is 0 Å². The molecule has 1 fully saturated rings. The first-order valence-corrected chi connectivity index (χ1v) is 9.75. The summed E-state index contributed by atoms with van der Waals surface area (Å²) < 4.78 is 5.74. The van der Waals surface area contributed by atoms with E-state index < -0.39 is 0 Å². The molecular formula is C21H25N5O2. The van der Waals surface area contributed by atoms with E-state index in [2.05, 4.69) is 25.2 Å². The van der Waals surface area contributed by atoms with E-state index in [1.165, 1.54) is 6.33 Å². The van der Waals surface area contributed by atoms with Crippen LogP contribution >= 0.6 is 0 Å². The molecule has 1 saturated heterocycles. The number of anilines is 1. The molecule has 28 heavy (non-hydrogen) atoms. The van der Waals surface area contributed by atoms with Gasteiger partial charge in [0.15, 0.2) is 0 Å². The first-order chi connectivity index (χ1) is 13.6. The van der Waals surface area contributed by atoms with Gasteiger partial charge in [0, 0.05) is 37.6 Å². The van der Waals surface area contributed by atoms with Gasteiger partial charge >= 0.3 is 0 Å². The van der Waals surface area contributed by atoms with E-state index in [0.717, 1.165) is 53.9 Å². The van der Waals surface area contributed by atoms with Gasteiger partial charge in [0.1, 0.15) is 17.9 Å². The first-order valence-electron chi connectivity index (χ1n) is 9.75. The molecule has 4 heterocycles. The van der Waals surface area contributed by atoms with Crippen LogP contribution in [0, 0.1) is 19.8 Å². The standard InChI is InChI=1S/C21H25N5O2/c1-14-15(2)28-21-18(14)19(24-13-25-21)26-10-4-6-17(12-26)20(27)23-9-7-16-5-3-8-22-11-16/h3,5,8,11,13,17H,4,6-7,9-10,12H2,1-2H3,(H,23,27). The minimum Gasteiger partial charge on any atom is -0.443 e. The summed E-state index contributed by atoms with van der Waals surface area (Å²) in [5.41, 5.74) is 2.80. The van der Waals surface area contributed by atoms with Crippen LogP contribution in [0.25, 0.3) is 11.1 Å². The van der Waals surface area contributed by atoms with E-state index >= 15 is 0 Å². The summed E-state index contributed by atoms with van der Waals surface area (Å²) in [6.45, 7) is 6.14. The average molecular weight is 379 g/mol. The van der Waals surface area contributed by atoms with E-state index in [1.807, 2.05) is 32.2 Å². The minimum absolute atomic E-state index is 0.0408. The van der Waals surface area contributed by atoms with Gasteiger partial charge in [-0.05, 0) is 44.7 Å². The van der Waals surface area contributed by atoms with Crippen LogP contribution in [0.2, 0.25) is 0 Å². The molecule has 1 atom stereocenters. The van der Waals surface area contributed by atoms with E-state index in [9.17, 15) is 4.79 Å². The highest BCUT2D eigenvalue weighted by molar-refractivity contribution is 5.90. The highest BCUT2D eigenvalue weighted by atomic mass is 16.3. The molecule has 7 nitrogen and oxygen atoms in total. The highest BCUT2D eigenvalue weighted by Crippen LogP contribution is 2.32. The molecule has 146 valence electrons. The Morgan fingerprint density at radius 2 is 2.25 bits per heavy atom. The number of pyridine rings is 1. The van der Waals surface area contributed by atoms with Gasteiger partial charge in [-0.25, -0.2) is 9.97 Å². The van der Waals surface area contributed by atoms with Crippen LogP contribution in [-0.4, -0.2) is 40.5 Å². The topological polar surface area (TPSA) is 84.2 Å². The number of piperidine rings is 1. The van der Waals surface area contributed by atoms with Crippen molar-refractivity contribution in [1.29, 1.82) is 0 Å². The van der Waals surface area contributed by atoms with E-state index in [-0.39, 0.29) is 11.8 Å². The largest absolute Gasteiger partial charge is 0.443 e. The van der Waals surface area contributed by atoms with Gasteiger partial charge in [-0.15, -0.1) is 0 Å². The summed E-state index contributed by atoms with van der Waals surface area (Å²) in [5.74, 6) is 1.80. The molecule has 1 aliphatic heterocycles. The quantitative estimate of drug-likeness (QED) is 0.734. The van der Waals surface area contributed by atoms with Crippen LogP contribution in [-0.2, 0) is 11.2 Å². The Labute approximate surface area is 164 Å². The predicted molar refractivity (Wildman–Crippen MR) is 107 cm³/mol. The van der Waals surface area contributed by atoms with Gasteiger partial charge < -0.3 is 14.6 Å². The normalized spacial score (nSPS) is 17.1. The van der Waals surface area contributed by atoms with Crippen LogP contribution in [0.1, 0.15) is 29.7 Å². The Balaban J connectivity index is 1.42. The number of furan rings is 1. The maximum atomic E-state index is 12.7. The number of nitrogens with one attached hydrogen (secondary N) is 1. The Kier molecular flexibility index (Phi) is 5.23. The molecular weight excluding hydrogens is 354 g/mol. The number of amides is 1. The fourth-order valence-electron chi connectivity index (χ4n) is 3.81. The summed E-state index contributed by atoms with van der Waals surface area (Å²) in [7, 11) is 0. The number of aryl methyl sites for hydroxylation is 2. The van der Waals surface area contributed by atoms with Crippen molar-refractivity contribution in [3.05, 3.63) is 47.7 Å². The number of hydrogen-bond acceptors (Lipinski definition) is 6. The van der Waals surface area contributed by atoms with Crippen molar-refractivity contribution in [2.24, 2.45) is 5.92 Å². The number of fused-ring (bicyclic) bond motifs is 1. The van der Waals surface area contributed by atoms with Crippen molar-refractivity contribution in [2.45, 2.75) is 33.1 Å². The zero-order valence-corrected chi connectivity index (χ0v) is 16.3. The summed E-state index contributed by atoms with van der Waals surface area (Å²) in [6, 6.07) is 3.94. The van der Waals surface area contributed by atoms with Gasteiger partial charge in [-0.1, -0.05) is 6.07 Å². The van der Waals surface area contributed by atoms with Gasteiger partial charge in [0.2, 0.25) is 11.6 Å². The zero-order chi connectivity index (χ0) is 19.5. The molecule has 0 aromatic carbocycles. The second-order valence-corrected chi connectivity index (χ2v) is 7.35. The van der Waals surface area contributed by atoms with Gasteiger partial charge in [-0.3, -0.25) is 9.78 Å². The van der Waals surface area contributed by atoms with E-state index in [1.54, 1.807) is 6.20 Å². The Morgan fingerprint density at radius 1 is 1.36 bits per heavy atom. The van der Waals surface area contributed by atoms with Crippen molar-refractivity contribution in [2.75, 3.05) is 24.5 Å². The Bertz CT molecular complexity index is 970. The first kappa shape index (κ1) is 18.4. The maximum Gasteiger partial charge on any atom is 0.231 e. The van der Waals surface area contributed by atoms with Gasteiger partial charge in [0.05, 0.1) is 11.3 Å². The molecule has 1 unspecified atom stereocenters. The van der Waals surface area contributed by atoms with Crippen molar-refractivity contribution in [3.8, 4) is 0 Å². The van der Waals surface area contributed by atoms with Crippen molar-refractivity contribution < 1.29 is 9.21 Å². The lowest BCUT2D eigenvalue weighted by molar-refractivity contribution is -0.125. The smallest absolute Gasteiger partial charge is 0.231 e. The lowest BCUT2D eigenvalue weighted by Gasteiger charge is -2.33. The fourth-order valence-corrected chi connectivity index (χ4v) is 3.81. The van der Waals surface area contributed by atoms with Crippen LogP contribution in [0.4, 0.5) is 5.82 Å². The van der Waals surface area contributed by atoms with Crippen LogP contribution in [0.15, 0.2) is 35.3 Å². The lowest BCUT2D eigenvalue weighted by atomic mass is 9.96. The molecule has 4 rings (SSSR count). The minimum atomic E-state index is -0.0408. The third-order valence-corrected chi connectivity index (χ3v) is 5.47. The molecule has 0 bridgehead atoms. The molecule has 1 aliphatic rings. The van der Waals surface area contributed by atoms with Crippen LogP contribution < -0.4 is 10.2 Å². The molecule has 0 aliphatic carbocycles. The molecule has 3 aromatic rings. The summed E-state index contributed by atoms with van der Waals surface area (Å²) in [6.07, 6.45) is 7.78. The summed E-state index contributed by atoms with van der Waals surface area (Å²) in [4.78, 5) is 27.8. The predicted octanol–water partition coefficient (Wildman–Crippen LogP) is 2.81. The van der Waals surface area contributed by atoms with Crippen molar-refractivity contribution in [1.82, 2.24) is 20.3 Å². The number of aromatic nitrogens is 3. The summed E-state index contributed by atoms with van der Waals surface area (Å²) in [5, 5.41) is 4.04. The average Bonchev–Trinajstić information content (AvgIpc) is 3.03. The fraction of sp³-hybridized carbons (Fsp3) is 0.429. The number of hydrogen-bond donors (Lipinski definition) is 1. The zero-order valence-electron chi connectivity index (χ0n) is 16.3. The second-order valence-electron chi connectivity index (χ2n) is 7.35. The SMILES string of the molecule is Cc1oc2ncnc(N3CCCC(C(=O)NCCc4cccnc4)C3)c2c1C. The lowest BCUT2D eigenvalue weighted by Crippen LogP contribution is -2.43. The second kappa shape index (κ2) is 7.96. The van der Waals surface area contributed by atoms with Crippen LogP contribution in [0.3, 0.4) is 0 Å². The molecule has 1 amide bonds. The van der Waals surface area contributed by atoms with Gasteiger partial charge in [-0.2, -0.15) is 0 Å². The molecule has 3 aromatic heterocycles. The molecule has 0 saturated carbocycles. The number of carbonyl (C=O) groups is 1. The highest BCUT2D eigenvalue weighted by Gasteiger charge is 2.28. The molecule has 7 heteroatoms. The third-order valence-electron chi connectivity index (χ3n) is 5.47. The number of carbonyl (C=O) groups excluding carboxylic acids is 1. The molecule has 0 spiro atoms. The third kappa shape index (κ3) is 3.69. The van der Waals surface area contributed by atoms with E-state index in [0.29, 0.717) is 18.8 Å². The Hall–Kier alpha value is -2.96. The maximum absolute atomic E-state index is 12.7. The summed E-state index contributed by atoms with van der Waals surface area (Å²) >= 11 is 0. The monoisotopic (exact) mass is 379 g/mol. The number of nitrogens with zero attached hydrogens (tertiary/aromatic N) is 4. The van der Waals surface area contributed by atoms with Crippen molar-refractivity contribution in [3.63, 3.8) is 0 Å². The Morgan fingerprint density at radius 3 is 3.07 bits per heavy atom. The van der Waals surface area contributed by atoms with E-state index in [4.69, 9.17) is 4.42 Å². The van der Waals surface area contributed by atoms with Crippen molar-refractivity contribution >= 4 is 22.8 Å².